The van der Waals surface area contributed by atoms with E-state index in [1.165, 1.54) is 6.92 Å². The van der Waals surface area contributed by atoms with Crippen LogP contribution in [0, 0.1) is 6.92 Å². The standard InChI is InChI=1S/C19H23N3O4S/c1-14-6-4-5-7-18(14)22(27(3,25)26)13-19(24)20-12-16-8-10-17(11-9-16)21-15(2)23/h4-11H,12-13H2,1-3H3,(H,20,24)(H,21,23). The fourth-order valence-corrected chi connectivity index (χ4v) is 3.43. The molecule has 0 aliphatic carbocycles. The molecule has 0 atom stereocenters. The first-order valence-electron chi connectivity index (χ1n) is 8.33. The Balaban J connectivity index is 2.02. The monoisotopic (exact) mass is 389 g/mol. The van der Waals surface area contributed by atoms with Gasteiger partial charge in [0.05, 0.1) is 11.9 Å². The van der Waals surface area contributed by atoms with E-state index in [-0.39, 0.29) is 19.0 Å². The lowest BCUT2D eigenvalue weighted by atomic mass is 10.2. The Bertz CT molecular complexity index is 924. The number of para-hydroxylation sites is 1. The Morgan fingerprint density at radius 2 is 1.67 bits per heavy atom. The number of amides is 2. The largest absolute Gasteiger partial charge is 0.350 e. The van der Waals surface area contributed by atoms with Gasteiger partial charge in [-0.2, -0.15) is 0 Å². The zero-order chi connectivity index (χ0) is 20.0. The summed E-state index contributed by atoms with van der Waals surface area (Å²) in [5.41, 5.74) is 2.75. The minimum atomic E-state index is -3.60. The second-order valence-corrected chi connectivity index (χ2v) is 8.12. The Morgan fingerprint density at radius 1 is 1.04 bits per heavy atom. The number of hydrogen-bond acceptors (Lipinski definition) is 4. The molecular weight excluding hydrogens is 366 g/mol. The third-order valence-corrected chi connectivity index (χ3v) is 4.96. The first-order chi connectivity index (χ1) is 12.7. The number of aryl methyl sites for hydroxylation is 1. The molecule has 0 heterocycles. The van der Waals surface area contributed by atoms with E-state index in [0.29, 0.717) is 11.4 Å². The molecule has 0 radical (unpaired) electrons. The number of hydrogen-bond donors (Lipinski definition) is 2. The molecule has 0 saturated carbocycles. The Labute approximate surface area is 159 Å². The lowest BCUT2D eigenvalue weighted by molar-refractivity contribution is -0.119. The van der Waals surface area contributed by atoms with Crippen LogP contribution in [-0.4, -0.2) is 33.0 Å². The molecule has 2 amide bonds. The van der Waals surface area contributed by atoms with Crippen molar-refractivity contribution in [3.63, 3.8) is 0 Å². The summed E-state index contributed by atoms with van der Waals surface area (Å²) in [6.07, 6.45) is 1.08. The predicted molar refractivity (Wildman–Crippen MR) is 106 cm³/mol. The lowest BCUT2D eigenvalue weighted by Crippen LogP contribution is -2.40. The molecule has 2 aromatic rings. The molecule has 8 heteroatoms. The fourth-order valence-electron chi connectivity index (χ4n) is 2.52. The zero-order valence-electron chi connectivity index (χ0n) is 15.5. The highest BCUT2D eigenvalue weighted by atomic mass is 32.2. The van der Waals surface area contributed by atoms with Gasteiger partial charge in [-0.1, -0.05) is 30.3 Å². The number of anilines is 2. The van der Waals surface area contributed by atoms with Crippen molar-refractivity contribution in [2.75, 3.05) is 22.4 Å². The van der Waals surface area contributed by atoms with E-state index in [2.05, 4.69) is 10.6 Å². The van der Waals surface area contributed by atoms with E-state index in [1.807, 2.05) is 6.07 Å². The van der Waals surface area contributed by atoms with Gasteiger partial charge in [-0.25, -0.2) is 8.42 Å². The van der Waals surface area contributed by atoms with Gasteiger partial charge in [0.25, 0.3) is 0 Å². The fraction of sp³-hybridized carbons (Fsp3) is 0.263. The molecule has 2 rings (SSSR count). The van der Waals surface area contributed by atoms with Gasteiger partial charge in [0.15, 0.2) is 0 Å². The number of rotatable bonds is 7. The molecule has 144 valence electrons. The summed E-state index contributed by atoms with van der Waals surface area (Å²) in [5.74, 6) is -0.567. The summed E-state index contributed by atoms with van der Waals surface area (Å²) >= 11 is 0. The second kappa shape index (κ2) is 8.68. The van der Waals surface area contributed by atoms with Crippen molar-refractivity contribution in [1.29, 1.82) is 0 Å². The molecule has 0 aliphatic rings. The Kier molecular flexibility index (Phi) is 6.57. The lowest BCUT2D eigenvalue weighted by Gasteiger charge is -2.23. The maximum absolute atomic E-state index is 12.3. The van der Waals surface area contributed by atoms with Crippen LogP contribution in [-0.2, 0) is 26.2 Å². The quantitative estimate of drug-likeness (QED) is 0.757. The van der Waals surface area contributed by atoms with Gasteiger partial charge in [0.2, 0.25) is 21.8 Å². The number of sulfonamides is 1. The second-order valence-electron chi connectivity index (χ2n) is 6.21. The minimum absolute atomic E-state index is 0.159. The van der Waals surface area contributed by atoms with E-state index in [1.54, 1.807) is 49.4 Å². The summed E-state index contributed by atoms with van der Waals surface area (Å²) in [6, 6.07) is 14.0. The minimum Gasteiger partial charge on any atom is -0.350 e. The molecule has 0 aliphatic heterocycles. The number of benzene rings is 2. The van der Waals surface area contributed by atoms with Crippen LogP contribution in [0.1, 0.15) is 18.1 Å². The van der Waals surface area contributed by atoms with E-state index in [4.69, 9.17) is 0 Å². The normalized spacial score (nSPS) is 10.9. The molecule has 7 nitrogen and oxygen atoms in total. The van der Waals surface area contributed by atoms with Crippen LogP contribution in [0.3, 0.4) is 0 Å². The zero-order valence-corrected chi connectivity index (χ0v) is 16.3. The molecule has 0 fully saturated rings. The van der Waals surface area contributed by atoms with Crippen molar-refractivity contribution in [1.82, 2.24) is 5.32 Å². The summed E-state index contributed by atoms with van der Waals surface area (Å²) in [7, 11) is -3.60. The number of carbonyl (C=O) groups is 2. The van der Waals surface area contributed by atoms with Gasteiger partial charge in [-0.05, 0) is 36.2 Å². The van der Waals surface area contributed by atoms with Crippen molar-refractivity contribution in [2.24, 2.45) is 0 Å². The molecule has 0 spiro atoms. The number of nitrogens with zero attached hydrogens (tertiary/aromatic N) is 1. The number of carbonyl (C=O) groups excluding carboxylic acids is 2. The van der Waals surface area contributed by atoms with Crippen LogP contribution < -0.4 is 14.9 Å². The van der Waals surface area contributed by atoms with Crippen molar-refractivity contribution >= 4 is 33.2 Å². The maximum atomic E-state index is 12.3. The molecular formula is C19H23N3O4S. The van der Waals surface area contributed by atoms with Crippen molar-refractivity contribution in [3.05, 3.63) is 59.7 Å². The molecule has 0 unspecified atom stereocenters. The third-order valence-electron chi connectivity index (χ3n) is 3.84. The van der Waals surface area contributed by atoms with Crippen LogP contribution in [0.2, 0.25) is 0 Å². The molecule has 27 heavy (non-hydrogen) atoms. The molecule has 0 aromatic heterocycles. The van der Waals surface area contributed by atoms with E-state index in [0.717, 1.165) is 21.7 Å². The topological polar surface area (TPSA) is 95.6 Å². The molecule has 2 aromatic carbocycles. The molecule has 2 N–H and O–H groups in total. The van der Waals surface area contributed by atoms with Gasteiger partial charge in [-0.3, -0.25) is 13.9 Å². The highest BCUT2D eigenvalue weighted by Gasteiger charge is 2.21. The first-order valence-corrected chi connectivity index (χ1v) is 10.2. The Hall–Kier alpha value is -2.87. The van der Waals surface area contributed by atoms with Gasteiger partial charge in [0.1, 0.15) is 6.54 Å². The summed E-state index contributed by atoms with van der Waals surface area (Å²) in [6.45, 7) is 3.18. The number of nitrogens with one attached hydrogen (secondary N) is 2. The highest BCUT2D eigenvalue weighted by molar-refractivity contribution is 7.92. The van der Waals surface area contributed by atoms with E-state index in [9.17, 15) is 18.0 Å². The molecule has 0 saturated heterocycles. The maximum Gasteiger partial charge on any atom is 0.241 e. The van der Waals surface area contributed by atoms with Gasteiger partial charge >= 0.3 is 0 Å². The van der Waals surface area contributed by atoms with Crippen molar-refractivity contribution < 1.29 is 18.0 Å². The van der Waals surface area contributed by atoms with Crippen LogP contribution >= 0.6 is 0 Å². The van der Waals surface area contributed by atoms with Crippen molar-refractivity contribution in [2.45, 2.75) is 20.4 Å². The van der Waals surface area contributed by atoms with E-state index >= 15 is 0 Å². The van der Waals surface area contributed by atoms with Gasteiger partial charge in [-0.15, -0.1) is 0 Å². The SMILES string of the molecule is CC(=O)Nc1ccc(CNC(=O)CN(c2ccccc2C)S(C)(=O)=O)cc1. The highest BCUT2D eigenvalue weighted by Crippen LogP contribution is 2.21. The van der Waals surface area contributed by atoms with Gasteiger partial charge in [0, 0.05) is 19.2 Å². The molecule has 0 bridgehead atoms. The Morgan fingerprint density at radius 3 is 2.22 bits per heavy atom. The predicted octanol–water partition coefficient (Wildman–Crippen LogP) is 2.04. The summed E-state index contributed by atoms with van der Waals surface area (Å²) in [4.78, 5) is 23.3. The smallest absolute Gasteiger partial charge is 0.241 e. The third kappa shape index (κ3) is 6.10. The van der Waals surface area contributed by atoms with Crippen LogP contribution in [0.4, 0.5) is 11.4 Å². The first kappa shape index (κ1) is 20.4. The summed E-state index contributed by atoms with van der Waals surface area (Å²) in [5, 5.41) is 5.38. The average molecular weight is 389 g/mol. The average Bonchev–Trinajstić information content (AvgIpc) is 2.58. The van der Waals surface area contributed by atoms with Crippen LogP contribution in [0.15, 0.2) is 48.5 Å². The van der Waals surface area contributed by atoms with Crippen LogP contribution in [0.25, 0.3) is 0 Å². The van der Waals surface area contributed by atoms with Gasteiger partial charge < -0.3 is 10.6 Å². The van der Waals surface area contributed by atoms with Crippen LogP contribution in [0.5, 0.6) is 0 Å². The van der Waals surface area contributed by atoms with E-state index < -0.39 is 15.9 Å². The van der Waals surface area contributed by atoms with Crippen molar-refractivity contribution in [3.8, 4) is 0 Å². The summed E-state index contributed by atoms with van der Waals surface area (Å²) < 4.78 is 25.4.